The minimum absolute atomic E-state index is 0.151. The number of hydrogen-bond donors (Lipinski definition) is 1. The molecule has 3 aromatic rings. The molecule has 0 aliphatic heterocycles. The summed E-state index contributed by atoms with van der Waals surface area (Å²) in [5, 5.41) is 4.73. The van der Waals surface area contributed by atoms with E-state index in [-0.39, 0.29) is 10.8 Å². The number of nitrogens with zero attached hydrogens (tertiary/aromatic N) is 1. The first-order valence-electron chi connectivity index (χ1n) is 9.80. The van der Waals surface area contributed by atoms with E-state index in [0.717, 1.165) is 16.3 Å². The van der Waals surface area contributed by atoms with Crippen molar-refractivity contribution in [2.24, 2.45) is 0 Å². The van der Waals surface area contributed by atoms with Gasteiger partial charge < -0.3 is 10.1 Å². The summed E-state index contributed by atoms with van der Waals surface area (Å²) in [6.07, 6.45) is 0. The van der Waals surface area contributed by atoms with Crippen LogP contribution in [0.5, 0.6) is 5.75 Å². The van der Waals surface area contributed by atoms with E-state index in [2.05, 4.69) is 5.32 Å². The van der Waals surface area contributed by atoms with Gasteiger partial charge in [-0.3, -0.25) is 4.79 Å². The number of methoxy groups -OCH3 is 1. The van der Waals surface area contributed by atoms with Crippen LogP contribution in [0.25, 0.3) is 10.8 Å². The Morgan fingerprint density at radius 3 is 2.23 bits per heavy atom. The molecule has 0 atom stereocenters. The van der Waals surface area contributed by atoms with Crippen molar-refractivity contribution in [1.82, 2.24) is 4.31 Å². The van der Waals surface area contributed by atoms with E-state index in [9.17, 15) is 13.2 Å². The molecule has 0 bridgehead atoms. The van der Waals surface area contributed by atoms with Gasteiger partial charge in [-0.1, -0.05) is 44.2 Å². The summed E-state index contributed by atoms with van der Waals surface area (Å²) in [5.74, 6) is 0.0915. The van der Waals surface area contributed by atoms with Gasteiger partial charge in [0, 0.05) is 18.8 Å². The largest absolute Gasteiger partial charge is 0.496 e. The van der Waals surface area contributed by atoms with E-state index >= 15 is 0 Å². The summed E-state index contributed by atoms with van der Waals surface area (Å²) in [5.41, 5.74) is 1.60. The van der Waals surface area contributed by atoms with Gasteiger partial charge in [0.25, 0.3) is 5.91 Å². The zero-order valence-corrected chi connectivity index (χ0v) is 18.4. The summed E-state index contributed by atoms with van der Waals surface area (Å²) in [4.78, 5) is 13.2. The molecule has 0 fully saturated rings. The van der Waals surface area contributed by atoms with Gasteiger partial charge in [-0.2, -0.15) is 4.31 Å². The number of amides is 1. The lowest BCUT2D eigenvalue weighted by Crippen LogP contribution is -2.30. The van der Waals surface area contributed by atoms with Crippen LogP contribution in [0.4, 0.5) is 5.69 Å². The number of carbonyl (C=O) groups excluding carboxylic acids is 1. The third-order valence-electron chi connectivity index (χ3n) is 5.11. The highest BCUT2D eigenvalue weighted by molar-refractivity contribution is 7.89. The van der Waals surface area contributed by atoms with Crippen LogP contribution >= 0.6 is 0 Å². The van der Waals surface area contributed by atoms with Gasteiger partial charge in [0.1, 0.15) is 5.75 Å². The predicted octanol–water partition coefficient (Wildman–Crippen LogP) is 4.44. The molecule has 0 radical (unpaired) electrons. The number of rotatable bonds is 7. The Morgan fingerprint density at radius 2 is 1.63 bits per heavy atom. The molecule has 1 amide bonds. The minimum Gasteiger partial charge on any atom is -0.496 e. The number of benzene rings is 3. The van der Waals surface area contributed by atoms with Crippen molar-refractivity contribution in [2.45, 2.75) is 25.7 Å². The van der Waals surface area contributed by atoms with Crippen LogP contribution in [0.15, 0.2) is 59.5 Å². The van der Waals surface area contributed by atoms with Crippen molar-refractivity contribution in [2.75, 3.05) is 25.5 Å². The van der Waals surface area contributed by atoms with Gasteiger partial charge >= 0.3 is 0 Å². The molecule has 1 N–H and O–H groups in total. The standard InChI is InChI=1S/C23H26N2O4S/c1-5-25(6-2)30(27,28)19-12-11-16(3)21(15-19)24-23(26)20-13-17-9-7-8-10-18(17)14-22(20)29-4/h7-15H,5-6H2,1-4H3,(H,24,26). The Balaban J connectivity index is 1.99. The van der Waals surface area contributed by atoms with Crippen LogP contribution in [0.1, 0.15) is 29.8 Å². The highest BCUT2D eigenvalue weighted by Gasteiger charge is 2.23. The highest BCUT2D eigenvalue weighted by Crippen LogP contribution is 2.28. The number of anilines is 1. The van der Waals surface area contributed by atoms with Crippen LogP contribution in [0.2, 0.25) is 0 Å². The second-order valence-corrected chi connectivity index (χ2v) is 8.86. The molecule has 6 nitrogen and oxygen atoms in total. The number of hydrogen-bond acceptors (Lipinski definition) is 4. The normalized spacial score (nSPS) is 11.6. The SMILES string of the molecule is CCN(CC)S(=O)(=O)c1ccc(C)c(NC(=O)c2cc3ccccc3cc2OC)c1. The molecule has 0 aliphatic rings. The molecule has 0 unspecified atom stereocenters. The first-order valence-corrected chi connectivity index (χ1v) is 11.2. The Morgan fingerprint density at radius 1 is 1.00 bits per heavy atom. The second-order valence-electron chi connectivity index (χ2n) is 6.92. The van der Waals surface area contributed by atoms with E-state index in [4.69, 9.17) is 4.74 Å². The molecule has 3 aromatic carbocycles. The monoisotopic (exact) mass is 426 g/mol. The Labute approximate surface area is 177 Å². The van der Waals surface area contributed by atoms with Crippen molar-refractivity contribution >= 4 is 32.4 Å². The van der Waals surface area contributed by atoms with Crippen molar-refractivity contribution < 1.29 is 17.9 Å². The molecule has 0 heterocycles. The van der Waals surface area contributed by atoms with Gasteiger partial charge in [0.2, 0.25) is 10.0 Å². The highest BCUT2D eigenvalue weighted by atomic mass is 32.2. The molecule has 0 aliphatic carbocycles. The average molecular weight is 427 g/mol. The lowest BCUT2D eigenvalue weighted by molar-refractivity contribution is 0.102. The number of sulfonamides is 1. The molecular formula is C23H26N2O4S. The zero-order chi connectivity index (χ0) is 21.9. The van der Waals surface area contributed by atoms with Gasteiger partial charge in [-0.25, -0.2) is 8.42 Å². The Hall–Kier alpha value is -2.90. The minimum atomic E-state index is -3.63. The molecule has 30 heavy (non-hydrogen) atoms. The molecule has 0 saturated carbocycles. The van der Waals surface area contributed by atoms with E-state index in [1.807, 2.05) is 37.3 Å². The topological polar surface area (TPSA) is 75.7 Å². The molecule has 3 rings (SSSR count). The van der Waals surface area contributed by atoms with Crippen LogP contribution in [-0.4, -0.2) is 38.8 Å². The van der Waals surface area contributed by atoms with E-state index in [1.54, 1.807) is 32.0 Å². The first kappa shape index (κ1) is 21.8. The summed E-state index contributed by atoms with van der Waals surface area (Å²) in [7, 11) is -2.11. The number of ether oxygens (including phenoxy) is 1. The van der Waals surface area contributed by atoms with Gasteiger partial charge in [-0.05, 0) is 47.5 Å². The third kappa shape index (κ3) is 4.17. The van der Waals surface area contributed by atoms with Gasteiger partial charge in [0.05, 0.1) is 17.6 Å². The fraction of sp³-hybridized carbons (Fsp3) is 0.261. The van der Waals surface area contributed by atoms with Crippen molar-refractivity contribution in [3.05, 3.63) is 65.7 Å². The smallest absolute Gasteiger partial charge is 0.259 e. The maximum atomic E-state index is 13.0. The van der Waals surface area contributed by atoms with Crippen LogP contribution in [0, 0.1) is 6.92 Å². The lowest BCUT2D eigenvalue weighted by atomic mass is 10.0. The van der Waals surface area contributed by atoms with Crippen LogP contribution < -0.4 is 10.1 Å². The zero-order valence-electron chi connectivity index (χ0n) is 17.6. The lowest BCUT2D eigenvalue weighted by Gasteiger charge is -2.19. The van der Waals surface area contributed by atoms with E-state index < -0.39 is 10.0 Å². The van der Waals surface area contributed by atoms with Crippen LogP contribution in [0.3, 0.4) is 0 Å². The Bertz CT molecular complexity index is 1190. The van der Waals surface area contributed by atoms with Crippen molar-refractivity contribution in [1.29, 1.82) is 0 Å². The van der Waals surface area contributed by atoms with Crippen molar-refractivity contribution in [3.63, 3.8) is 0 Å². The van der Waals surface area contributed by atoms with E-state index in [1.165, 1.54) is 17.5 Å². The number of nitrogens with one attached hydrogen (secondary N) is 1. The third-order valence-corrected chi connectivity index (χ3v) is 7.16. The Kier molecular flexibility index (Phi) is 6.43. The predicted molar refractivity (Wildman–Crippen MR) is 120 cm³/mol. The number of aryl methyl sites for hydroxylation is 1. The quantitative estimate of drug-likeness (QED) is 0.606. The second kappa shape index (κ2) is 8.85. The molecule has 158 valence electrons. The number of fused-ring (bicyclic) bond motifs is 1. The number of carbonyl (C=O) groups is 1. The summed E-state index contributed by atoms with van der Waals surface area (Å²) in [6, 6.07) is 16.1. The van der Waals surface area contributed by atoms with Gasteiger partial charge in [0.15, 0.2) is 0 Å². The first-order chi connectivity index (χ1) is 14.3. The van der Waals surface area contributed by atoms with Crippen LogP contribution in [-0.2, 0) is 10.0 Å². The van der Waals surface area contributed by atoms with E-state index in [0.29, 0.717) is 30.1 Å². The fourth-order valence-electron chi connectivity index (χ4n) is 3.36. The summed E-state index contributed by atoms with van der Waals surface area (Å²) < 4.78 is 32.5. The molecule has 7 heteroatoms. The average Bonchev–Trinajstić information content (AvgIpc) is 2.74. The van der Waals surface area contributed by atoms with Gasteiger partial charge in [-0.15, -0.1) is 0 Å². The maximum Gasteiger partial charge on any atom is 0.259 e. The fourth-order valence-corrected chi connectivity index (χ4v) is 4.85. The molecule has 0 aromatic heterocycles. The summed E-state index contributed by atoms with van der Waals surface area (Å²) >= 11 is 0. The molecule has 0 saturated heterocycles. The van der Waals surface area contributed by atoms with Crippen molar-refractivity contribution in [3.8, 4) is 5.75 Å². The summed E-state index contributed by atoms with van der Waals surface area (Å²) in [6.45, 7) is 6.17. The molecule has 0 spiro atoms. The molecular weight excluding hydrogens is 400 g/mol. The maximum absolute atomic E-state index is 13.0.